The highest BCUT2D eigenvalue weighted by Crippen LogP contribution is 2.44. The molecule has 0 spiro atoms. The second-order valence-corrected chi connectivity index (χ2v) is 7.27. The van der Waals surface area contributed by atoms with Gasteiger partial charge in [0.1, 0.15) is 12.6 Å². The standard InChI is InChI=1S/C23H26N2O6/c1-2-13-31-25-22(28)20(11-12-21(26)27)24-23(29)30-14-19-17-9-5-3-7-15(17)16-8-4-6-10-18(16)19/h3-10,19-20H,2,11-14H2,1H3,(H,24,29)(H,25,28)(H,26,27). The molecule has 2 aromatic carbocycles. The Bertz CT molecular complexity index is 900. The maximum Gasteiger partial charge on any atom is 0.407 e. The summed E-state index contributed by atoms with van der Waals surface area (Å²) >= 11 is 0. The monoisotopic (exact) mass is 426 g/mol. The van der Waals surface area contributed by atoms with Crippen LogP contribution in [-0.2, 0) is 19.2 Å². The van der Waals surface area contributed by atoms with E-state index in [1.807, 2.05) is 55.5 Å². The van der Waals surface area contributed by atoms with E-state index in [4.69, 9.17) is 14.7 Å². The summed E-state index contributed by atoms with van der Waals surface area (Å²) in [6.07, 6.45) is -0.459. The first-order valence-electron chi connectivity index (χ1n) is 10.3. The first-order valence-corrected chi connectivity index (χ1v) is 10.3. The molecule has 0 radical (unpaired) electrons. The van der Waals surface area contributed by atoms with Gasteiger partial charge in [0, 0.05) is 12.3 Å². The second-order valence-electron chi connectivity index (χ2n) is 7.27. The third-order valence-corrected chi connectivity index (χ3v) is 5.08. The molecule has 0 fully saturated rings. The molecule has 164 valence electrons. The van der Waals surface area contributed by atoms with Gasteiger partial charge >= 0.3 is 12.1 Å². The van der Waals surface area contributed by atoms with Crippen LogP contribution in [0.2, 0.25) is 0 Å². The largest absolute Gasteiger partial charge is 0.481 e. The number of hydroxylamine groups is 1. The van der Waals surface area contributed by atoms with Crippen LogP contribution in [0.1, 0.15) is 43.2 Å². The lowest BCUT2D eigenvalue weighted by molar-refractivity contribution is -0.138. The number of aliphatic carboxylic acids is 1. The van der Waals surface area contributed by atoms with Crippen LogP contribution in [0.25, 0.3) is 11.1 Å². The van der Waals surface area contributed by atoms with Crippen molar-refractivity contribution in [3.63, 3.8) is 0 Å². The van der Waals surface area contributed by atoms with Gasteiger partial charge in [-0.1, -0.05) is 55.5 Å². The Kier molecular flexibility index (Phi) is 7.61. The number of nitrogens with one attached hydrogen (secondary N) is 2. The average molecular weight is 426 g/mol. The molecule has 31 heavy (non-hydrogen) atoms. The van der Waals surface area contributed by atoms with E-state index in [2.05, 4.69) is 10.8 Å². The van der Waals surface area contributed by atoms with E-state index in [0.29, 0.717) is 13.0 Å². The fraction of sp³-hybridized carbons (Fsp3) is 0.348. The van der Waals surface area contributed by atoms with Crippen molar-refractivity contribution in [2.45, 2.75) is 38.1 Å². The normalized spacial score (nSPS) is 13.1. The molecule has 0 bridgehead atoms. The molecule has 0 aromatic heterocycles. The van der Waals surface area contributed by atoms with Crippen molar-refractivity contribution in [1.29, 1.82) is 0 Å². The van der Waals surface area contributed by atoms with Crippen molar-refractivity contribution in [3.8, 4) is 11.1 Å². The molecule has 0 saturated carbocycles. The van der Waals surface area contributed by atoms with Gasteiger partial charge in [-0.2, -0.15) is 0 Å². The van der Waals surface area contributed by atoms with Crippen LogP contribution >= 0.6 is 0 Å². The van der Waals surface area contributed by atoms with Gasteiger partial charge in [0.15, 0.2) is 0 Å². The molecule has 1 aliphatic carbocycles. The fourth-order valence-corrected chi connectivity index (χ4v) is 3.61. The van der Waals surface area contributed by atoms with Crippen molar-refractivity contribution >= 4 is 18.0 Å². The molecule has 3 rings (SSSR count). The van der Waals surface area contributed by atoms with E-state index in [1.165, 1.54) is 0 Å². The number of ether oxygens (including phenoxy) is 1. The van der Waals surface area contributed by atoms with Crippen molar-refractivity contribution < 1.29 is 29.1 Å². The Balaban J connectivity index is 1.63. The van der Waals surface area contributed by atoms with Gasteiger partial charge in [-0.25, -0.2) is 10.3 Å². The topological polar surface area (TPSA) is 114 Å². The molecule has 0 heterocycles. The Labute approximate surface area is 180 Å². The number of hydrogen-bond donors (Lipinski definition) is 3. The predicted molar refractivity (Wildman–Crippen MR) is 113 cm³/mol. The predicted octanol–water partition coefficient (Wildman–Crippen LogP) is 3.22. The summed E-state index contributed by atoms with van der Waals surface area (Å²) < 4.78 is 5.43. The highest BCUT2D eigenvalue weighted by Gasteiger charge is 2.30. The Morgan fingerprint density at radius 3 is 2.23 bits per heavy atom. The lowest BCUT2D eigenvalue weighted by Gasteiger charge is -2.19. The number of carbonyl (C=O) groups excluding carboxylic acids is 2. The van der Waals surface area contributed by atoms with Crippen molar-refractivity contribution in [1.82, 2.24) is 10.8 Å². The third-order valence-electron chi connectivity index (χ3n) is 5.08. The van der Waals surface area contributed by atoms with Crippen molar-refractivity contribution in [3.05, 3.63) is 59.7 Å². The molecule has 8 heteroatoms. The zero-order valence-electron chi connectivity index (χ0n) is 17.3. The number of hydrogen-bond acceptors (Lipinski definition) is 5. The third kappa shape index (κ3) is 5.61. The van der Waals surface area contributed by atoms with Crippen LogP contribution in [0.15, 0.2) is 48.5 Å². The molecule has 3 N–H and O–H groups in total. The van der Waals surface area contributed by atoms with E-state index in [1.54, 1.807) is 0 Å². The van der Waals surface area contributed by atoms with E-state index in [-0.39, 0.29) is 25.4 Å². The first-order chi connectivity index (χ1) is 15.0. The number of carboxylic acids is 1. The minimum atomic E-state index is -1.08. The number of benzene rings is 2. The van der Waals surface area contributed by atoms with Crippen LogP contribution in [0.3, 0.4) is 0 Å². The van der Waals surface area contributed by atoms with Gasteiger partial charge in [0.05, 0.1) is 6.61 Å². The van der Waals surface area contributed by atoms with Crippen LogP contribution in [-0.4, -0.2) is 42.3 Å². The lowest BCUT2D eigenvalue weighted by atomic mass is 9.98. The summed E-state index contributed by atoms with van der Waals surface area (Å²) in [4.78, 5) is 40.6. The molecular weight excluding hydrogens is 400 g/mol. The lowest BCUT2D eigenvalue weighted by Crippen LogP contribution is -2.47. The molecule has 1 atom stereocenters. The zero-order chi connectivity index (χ0) is 22.2. The Morgan fingerprint density at radius 2 is 1.65 bits per heavy atom. The Hall–Kier alpha value is -3.39. The maximum absolute atomic E-state index is 12.4. The summed E-state index contributed by atoms with van der Waals surface area (Å²) in [7, 11) is 0. The highest BCUT2D eigenvalue weighted by molar-refractivity contribution is 5.85. The van der Waals surface area contributed by atoms with Crippen LogP contribution in [0, 0.1) is 0 Å². The summed E-state index contributed by atoms with van der Waals surface area (Å²) in [5.41, 5.74) is 6.60. The number of fused-ring (bicyclic) bond motifs is 3. The van der Waals surface area contributed by atoms with Gasteiger partial charge in [0.2, 0.25) is 0 Å². The fourth-order valence-electron chi connectivity index (χ4n) is 3.61. The van der Waals surface area contributed by atoms with Crippen molar-refractivity contribution in [2.24, 2.45) is 0 Å². The summed E-state index contributed by atoms with van der Waals surface area (Å²) in [5.74, 6) is -1.80. The quantitative estimate of drug-likeness (QED) is 0.397. The average Bonchev–Trinajstić information content (AvgIpc) is 3.09. The summed E-state index contributed by atoms with van der Waals surface area (Å²) in [6, 6.07) is 14.8. The van der Waals surface area contributed by atoms with E-state index in [9.17, 15) is 14.4 Å². The van der Waals surface area contributed by atoms with Gasteiger partial charge < -0.3 is 15.2 Å². The van der Waals surface area contributed by atoms with Gasteiger partial charge in [-0.3, -0.25) is 14.4 Å². The van der Waals surface area contributed by atoms with Gasteiger partial charge in [-0.15, -0.1) is 0 Å². The number of carbonyl (C=O) groups is 3. The van der Waals surface area contributed by atoms with Gasteiger partial charge in [0.25, 0.3) is 5.91 Å². The zero-order valence-corrected chi connectivity index (χ0v) is 17.3. The molecule has 2 aromatic rings. The van der Waals surface area contributed by atoms with Crippen LogP contribution < -0.4 is 10.8 Å². The molecule has 0 aliphatic heterocycles. The van der Waals surface area contributed by atoms with Crippen LogP contribution in [0.4, 0.5) is 4.79 Å². The molecule has 2 amide bonds. The second kappa shape index (κ2) is 10.6. The van der Waals surface area contributed by atoms with Crippen LogP contribution in [0.5, 0.6) is 0 Å². The highest BCUT2D eigenvalue weighted by atomic mass is 16.6. The summed E-state index contributed by atoms with van der Waals surface area (Å²) in [6.45, 7) is 2.28. The SMILES string of the molecule is CCCONC(=O)C(CCC(=O)O)NC(=O)OCC1c2ccccc2-c2ccccc21. The van der Waals surface area contributed by atoms with E-state index < -0.39 is 24.0 Å². The molecule has 1 aliphatic rings. The maximum atomic E-state index is 12.4. The summed E-state index contributed by atoms with van der Waals surface area (Å²) in [5, 5.41) is 11.4. The molecular formula is C23H26N2O6. The first kappa shape index (κ1) is 22.3. The van der Waals surface area contributed by atoms with E-state index >= 15 is 0 Å². The number of carboxylic acid groups (broad SMARTS) is 1. The molecule has 8 nitrogen and oxygen atoms in total. The van der Waals surface area contributed by atoms with E-state index in [0.717, 1.165) is 22.3 Å². The Morgan fingerprint density at radius 1 is 1.03 bits per heavy atom. The van der Waals surface area contributed by atoms with Gasteiger partial charge in [-0.05, 0) is 35.1 Å². The number of rotatable bonds is 10. The number of alkyl carbamates (subject to hydrolysis) is 1. The van der Waals surface area contributed by atoms with Crippen molar-refractivity contribution in [2.75, 3.05) is 13.2 Å². The number of amides is 2. The molecule has 1 unspecified atom stereocenters. The minimum Gasteiger partial charge on any atom is -0.481 e. The molecule has 0 saturated heterocycles. The minimum absolute atomic E-state index is 0.0825. The smallest absolute Gasteiger partial charge is 0.407 e.